The van der Waals surface area contributed by atoms with Crippen molar-refractivity contribution in [1.29, 1.82) is 0 Å². The van der Waals surface area contributed by atoms with E-state index in [0.29, 0.717) is 25.1 Å². The number of hydrogen-bond acceptors (Lipinski definition) is 6. The Bertz CT molecular complexity index is 1180. The molecular weight excluding hydrogens is 384 g/mol. The molecule has 0 bridgehead atoms. The van der Waals surface area contributed by atoms with Crippen LogP contribution in [-0.4, -0.2) is 46.4 Å². The molecule has 2 aromatic rings. The Labute approximate surface area is 161 Å². The topological polar surface area (TPSA) is 131 Å². The first-order valence-corrected chi connectivity index (χ1v) is 11.3. The second-order valence-corrected chi connectivity index (χ2v) is 9.78. The van der Waals surface area contributed by atoms with Crippen molar-refractivity contribution in [2.75, 3.05) is 11.5 Å². The smallest absolute Gasteiger partial charge is 0.329 e. The third-order valence-corrected chi connectivity index (χ3v) is 6.99. The lowest BCUT2D eigenvalue weighted by Crippen LogP contribution is -2.37. The van der Waals surface area contributed by atoms with Crippen LogP contribution in [-0.2, 0) is 16.4 Å². The maximum absolute atomic E-state index is 13.0. The number of aromatic amines is 1. The molecule has 2 fully saturated rings. The quantitative estimate of drug-likeness (QED) is 0.734. The number of carbonyl (C=O) groups excluding carboxylic acids is 1. The Morgan fingerprint density at radius 3 is 2.68 bits per heavy atom. The highest BCUT2D eigenvalue weighted by Crippen LogP contribution is 2.39. The first-order chi connectivity index (χ1) is 13.3. The molecule has 28 heavy (non-hydrogen) atoms. The zero-order valence-corrected chi connectivity index (χ0v) is 16.3. The van der Waals surface area contributed by atoms with E-state index in [4.69, 9.17) is 0 Å². The second kappa shape index (κ2) is 6.84. The normalized spacial score (nSPS) is 21.1. The summed E-state index contributed by atoms with van der Waals surface area (Å²) >= 11 is 0. The van der Waals surface area contributed by atoms with Crippen molar-refractivity contribution in [2.24, 2.45) is 0 Å². The molecule has 3 heterocycles. The third-order valence-electron chi connectivity index (χ3n) is 5.22. The predicted molar refractivity (Wildman–Crippen MR) is 103 cm³/mol. The van der Waals surface area contributed by atoms with E-state index in [2.05, 4.69) is 15.3 Å². The molecule has 4 rings (SSSR count). The Balaban J connectivity index is 1.84. The lowest BCUT2D eigenvalue weighted by molar-refractivity contribution is 0.0942. The number of fused-ring (bicyclic) bond motifs is 1. The lowest BCUT2D eigenvalue weighted by atomic mass is 10.1. The first-order valence-electron chi connectivity index (χ1n) is 9.48. The van der Waals surface area contributed by atoms with E-state index < -0.39 is 33.0 Å². The number of carbonyl (C=O) groups is 1. The van der Waals surface area contributed by atoms with E-state index in [-0.39, 0.29) is 34.0 Å². The molecule has 2 N–H and O–H groups in total. The van der Waals surface area contributed by atoms with E-state index in [1.54, 1.807) is 6.07 Å². The van der Waals surface area contributed by atoms with E-state index in [1.807, 2.05) is 6.92 Å². The minimum Gasteiger partial charge on any atom is -0.348 e. The summed E-state index contributed by atoms with van der Waals surface area (Å²) in [5, 5.41) is 2.80. The van der Waals surface area contributed by atoms with Gasteiger partial charge in [-0.25, -0.2) is 18.2 Å². The van der Waals surface area contributed by atoms with Crippen LogP contribution in [0.3, 0.4) is 0 Å². The minimum absolute atomic E-state index is 0.0407. The van der Waals surface area contributed by atoms with Crippen molar-refractivity contribution in [1.82, 2.24) is 19.9 Å². The highest BCUT2D eigenvalue weighted by Gasteiger charge is 2.32. The molecule has 150 valence electrons. The number of nitrogens with one attached hydrogen (secondary N) is 2. The summed E-state index contributed by atoms with van der Waals surface area (Å²) in [4.78, 5) is 44.6. The highest BCUT2D eigenvalue weighted by molar-refractivity contribution is 7.91. The molecule has 1 saturated carbocycles. The molecule has 2 aliphatic rings. The number of amides is 1. The predicted octanol–water partition coefficient (Wildman–Crippen LogP) is 0.289. The SMILES string of the molecule is CCCn1c(=O)[nH]c(=O)c2c(C(=O)N[C@H]3CCS(=O)(=O)C3)cc(C3CC3)nc21. The molecule has 1 amide bonds. The van der Waals surface area contributed by atoms with Gasteiger partial charge >= 0.3 is 5.69 Å². The number of rotatable bonds is 5. The fourth-order valence-corrected chi connectivity index (χ4v) is 5.34. The van der Waals surface area contributed by atoms with Crippen molar-refractivity contribution in [2.45, 2.75) is 51.1 Å². The zero-order valence-electron chi connectivity index (χ0n) is 15.5. The fraction of sp³-hybridized carbons (Fsp3) is 0.556. The van der Waals surface area contributed by atoms with Crippen molar-refractivity contribution >= 4 is 26.8 Å². The number of aromatic nitrogens is 3. The number of H-pyrrole nitrogens is 1. The van der Waals surface area contributed by atoms with E-state index >= 15 is 0 Å². The molecule has 1 saturated heterocycles. The Kier molecular flexibility index (Phi) is 4.60. The van der Waals surface area contributed by atoms with Crippen molar-refractivity contribution in [3.63, 3.8) is 0 Å². The average molecular weight is 406 g/mol. The summed E-state index contributed by atoms with van der Waals surface area (Å²) < 4.78 is 24.7. The van der Waals surface area contributed by atoms with Crippen LogP contribution >= 0.6 is 0 Å². The van der Waals surface area contributed by atoms with Gasteiger partial charge in [-0.15, -0.1) is 0 Å². The first kappa shape index (κ1) is 18.9. The van der Waals surface area contributed by atoms with Gasteiger partial charge in [-0.2, -0.15) is 0 Å². The van der Waals surface area contributed by atoms with Gasteiger partial charge in [0.25, 0.3) is 11.5 Å². The van der Waals surface area contributed by atoms with Gasteiger partial charge < -0.3 is 5.32 Å². The largest absolute Gasteiger partial charge is 0.348 e. The second-order valence-electron chi connectivity index (χ2n) is 7.55. The van der Waals surface area contributed by atoms with Gasteiger partial charge in [-0.1, -0.05) is 6.92 Å². The molecular formula is C18H22N4O5S. The summed E-state index contributed by atoms with van der Waals surface area (Å²) in [5.74, 6) is -0.358. The van der Waals surface area contributed by atoms with Crippen LogP contribution in [0.25, 0.3) is 11.0 Å². The molecule has 1 atom stereocenters. The standard InChI is InChI=1S/C18H22N4O5S/c1-2-6-22-15-14(17(24)21-18(22)25)12(8-13(20-15)10-3-4-10)16(23)19-11-5-7-28(26,27)9-11/h8,10-11H,2-7,9H2,1H3,(H,19,23)(H,21,24,25)/t11-/m0/s1. The maximum atomic E-state index is 13.0. The summed E-state index contributed by atoms with van der Waals surface area (Å²) in [6.45, 7) is 2.28. The van der Waals surface area contributed by atoms with Gasteiger partial charge in [0.2, 0.25) is 0 Å². The number of nitrogens with zero attached hydrogens (tertiary/aromatic N) is 2. The van der Waals surface area contributed by atoms with E-state index in [9.17, 15) is 22.8 Å². The molecule has 0 unspecified atom stereocenters. The third kappa shape index (κ3) is 3.48. The lowest BCUT2D eigenvalue weighted by Gasteiger charge is -2.15. The van der Waals surface area contributed by atoms with Crippen molar-refractivity contribution in [3.8, 4) is 0 Å². The molecule has 1 aliphatic heterocycles. The van der Waals surface area contributed by atoms with Gasteiger partial charge in [0.15, 0.2) is 15.5 Å². The monoisotopic (exact) mass is 406 g/mol. The Morgan fingerprint density at radius 1 is 1.32 bits per heavy atom. The van der Waals surface area contributed by atoms with Crippen LogP contribution in [0.5, 0.6) is 0 Å². The van der Waals surface area contributed by atoms with E-state index in [0.717, 1.165) is 12.8 Å². The molecule has 0 spiro atoms. The van der Waals surface area contributed by atoms with Crippen LogP contribution in [0.15, 0.2) is 15.7 Å². The molecule has 0 radical (unpaired) electrons. The minimum atomic E-state index is -3.15. The van der Waals surface area contributed by atoms with Gasteiger partial charge in [0.1, 0.15) is 0 Å². The number of sulfone groups is 1. The van der Waals surface area contributed by atoms with Crippen molar-refractivity contribution < 1.29 is 13.2 Å². The van der Waals surface area contributed by atoms with Crippen molar-refractivity contribution in [3.05, 3.63) is 38.2 Å². The Morgan fingerprint density at radius 2 is 2.07 bits per heavy atom. The van der Waals surface area contributed by atoms with E-state index in [1.165, 1.54) is 4.57 Å². The maximum Gasteiger partial charge on any atom is 0.329 e. The molecule has 10 heteroatoms. The molecule has 1 aliphatic carbocycles. The number of pyridine rings is 1. The van der Waals surface area contributed by atoms with Crippen LogP contribution in [0.2, 0.25) is 0 Å². The van der Waals surface area contributed by atoms with Crippen LogP contribution in [0.4, 0.5) is 0 Å². The summed E-state index contributed by atoms with van der Waals surface area (Å²) in [6.07, 6.45) is 2.91. The van der Waals surface area contributed by atoms with Crippen LogP contribution in [0, 0.1) is 0 Å². The highest BCUT2D eigenvalue weighted by atomic mass is 32.2. The van der Waals surface area contributed by atoms with Crippen LogP contribution < -0.4 is 16.6 Å². The summed E-state index contributed by atoms with van der Waals surface area (Å²) in [6, 6.07) is 1.13. The molecule has 2 aromatic heterocycles. The summed E-state index contributed by atoms with van der Waals surface area (Å²) in [5.41, 5.74) is -0.169. The number of hydrogen-bond donors (Lipinski definition) is 2. The molecule has 0 aromatic carbocycles. The average Bonchev–Trinajstić information content (AvgIpc) is 3.42. The number of aryl methyl sites for hydroxylation is 1. The molecule has 9 nitrogen and oxygen atoms in total. The van der Waals surface area contributed by atoms with Crippen LogP contribution in [0.1, 0.15) is 54.6 Å². The van der Waals surface area contributed by atoms with Gasteiger partial charge in [0.05, 0.1) is 22.5 Å². The Hall–Kier alpha value is -2.49. The zero-order chi connectivity index (χ0) is 20.1. The summed E-state index contributed by atoms with van der Waals surface area (Å²) in [7, 11) is -3.15. The van der Waals surface area contributed by atoms with Gasteiger partial charge in [-0.3, -0.25) is 19.1 Å². The fourth-order valence-electron chi connectivity index (χ4n) is 3.66. The van der Waals surface area contributed by atoms with Gasteiger partial charge in [0, 0.05) is 24.2 Å². The van der Waals surface area contributed by atoms with Gasteiger partial charge in [-0.05, 0) is 31.7 Å².